The molecule has 1 aromatic carbocycles. The highest BCUT2D eigenvalue weighted by molar-refractivity contribution is 5.87. The van der Waals surface area contributed by atoms with E-state index in [0.29, 0.717) is 5.56 Å². The molecule has 14 heavy (non-hydrogen) atoms. The Labute approximate surface area is 81.6 Å². The van der Waals surface area contributed by atoms with Crippen LogP contribution in [-0.2, 0) is 0 Å². The second-order valence-electron chi connectivity index (χ2n) is 3.05. The van der Waals surface area contributed by atoms with Crippen molar-refractivity contribution in [3.8, 4) is 0 Å². The van der Waals surface area contributed by atoms with Gasteiger partial charge < -0.3 is 10.4 Å². The summed E-state index contributed by atoms with van der Waals surface area (Å²) in [6.07, 6.45) is 0. The minimum atomic E-state index is -1.05. The molecule has 1 atom stereocenters. The van der Waals surface area contributed by atoms with Crippen molar-refractivity contribution < 1.29 is 14.3 Å². The Bertz CT molecular complexity index is 352. The van der Waals surface area contributed by atoms with Gasteiger partial charge in [-0.2, -0.15) is 0 Å². The summed E-state index contributed by atoms with van der Waals surface area (Å²) in [7, 11) is 1.69. The van der Waals surface area contributed by atoms with Gasteiger partial charge in [-0.05, 0) is 32.2 Å². The molecule has 1 rings (SSSR count). The highest BCUT2D eigenvalue weighted by atomic mass is 19.1. The molecule has 3 nitrogen and oxygen atoms in total. The Morgan fingerprint density at radius 1 is 1.57 bits per heavy atom. The van der Waals surface area contributed by atoms with E-state index in [9.17, 15) is 9.18 Å². The molecule has 0 spiro atoms. The number of carboxylic acid groups (broad SMARTS) is 1. The van der Waals surface area contributed by atoms with Crippen molar-refractivity contribution in [1.82, 2.24) is 5.32 Å². The summed E-state index contributed by atoms with van der Waals surface area (Å²) in [4.78, 5) is 10.6. The maximum atomic E-state index is 13.2. The summed E-state index contributed by atoms with van der Waals surface area (Å²) >= 11 is 0. The maximum absolute atomic E-state index is 13.2. The molecule has 76 valence electrons. The highest BCUT2D eigenvalue weighted by Gasteiger charge is 2.12. The van der Waals surface area contributed by atoms with Gasteiger partial charge in [0.2, 0.25) is 0 Å². The van der Waals surface area contributed by atoms with Crippen molar-refractivity contribution in [1.29, 1.82) is 0 Å². The summed E-state index contributed by atoms with van der Waals surface area (Å²) in [5, 5.41) is 11.6. The molecule has 0 bridgehead atoms. The zero-order chi connectivity index (χ0) is 10.7. The summed E-state index contributed by atoms with van der Waals surface area (Å²) in [5.74, 6) is -1.44. The molecule has 0 heterocycles. The quantitative estimate of drug-likeness (QED) is 0.776. The standard InChI is InChI=1S/C10H12FNO2/c1-6(12-2)8-5-7(10(13)14)3-4-9(8)11/h3-6,12H,1-2H3,(H,13,14). The Morgan fingerprint density at radius 3 is 2.71 bits per heavy atom. The third-order valence-electron chi connectivity index (χ3n) is 2.14. The third-order valence-corrected chi connectivity index (χ3v) is 2.14. The number of hydrogen-bond acceptors (Lipinski definition) is 2. The number of carboxylic acids is 1. The number of rotatable bonds is 3. The second-order valence-corrected chi connectivity index (χ2v) is 3.05. The average Bonchev–Trinajstić information content (AvgIpc) is 2.17. The van der Waals surface area contributed by atoms with Crippen LogP contribution in [-0.4, -0.2) is 18.1 Å². The number of nitrogens with one attached hydrogen (secondary N) is 1. The van der Waals surface area contributed by atoms with Crippen molar-refractivity contribution in [3.05, 3.63) is 35.1 Å². The van der Waals surface area contributed by atoms with E-state index in [2.05, 4.69) is 5.32 Å². The molecule has 0 radical (unpaired) electrons. The Kier molecular flexibility index (Phi) is 3.19. The van der Waals surface area contributed by atoms with Crippen molar-refractivity contribution in [2.75, 3.05) is 7.05 Å². The molecule has 1 unspecified atom stereocenters. The van der Waals surface area contributed by atoms with Crippen LogP contribution in [0.15, 0.2) is 18.2 Å². The molecule has 0 amide bonds. The number of hydrogen-bond donors (Lipinski definition) is 2. The van der Waals surface area contributed by atoms with Gasteiger partial charge in [0.25, 0.3) is 0 Å². The second kappa shape index (κ2) is 4.19. The highest BCUT2D eigenvalue weighted by Crippen LogP contribution is 2.17. The summed E-state index contributed by atoms with van der Waals surface area (Å²) in [6.45, 7) is 1.77. The summed E-state index contributed by atoms with van der Waals surface area (Å²) in [6, 6.07) is 3.57. The largest absolute Gasteiger partial charge is 0.478 e. The fraction of sp³-hybridized carbons (Fsp3) is 0.300. The molecule has 2 N–H and O–H groups in total. The molecular weight excluding hydrogens is 185 g/mol. The van der Waals surface area contributed by atoms with Gasteiger partial charge in [0, 0.05) is 11.6 Å². The maximum Gasteiger partial charge on any atom is 0.335 e. The predicted molar refractivity (Wildman–Crippen MR) is 50.8 cm³/mol. The van der Waals surface area contributed by atoms with Crippen molar-refractivity contribution >= 4 is 5.97 Å². The van der Waals surface area contributed by atoms with E-state index >= 15 is 0 Å². The van der Waals surface area contributed by atoms with Crippen LogP contribution in [0.1, 0.15) is 28.9 Å². The van der Waals surface area contributed by atoms with E-state index in [0.717, 1.165) is 0 Å². The van der Waals surface area contributed by atoms with Gasteiger partial charge in [-0.25, -0.2) is 9.18 Å². The van der Waals surface area contributed by atoms with Crippen molar-refractivity contribution in [2.24, 2.45) is 0 Å². The number of halogens is 1. The Balaban J connectivity index is 3.14. The first-order chi connectivity index (χ1) is 6.56. The van der Waals surface area contributed by atoms with Gasteiger partial charge in [0.15, 0.2) is 0 Å². The minimum absolute atomic E-state index is 0.100. The first-order valence-corrected chi connectivity index (χ1v) is 4.26. The predicted octanol–water partition coefficient (Wildman–Crippen LogP) is 1.80. The van der Waals surface area contributed by atoms with E-state index in [1.54, 1.807) is 14.0 Å². The van der Waals surface area contributed by atoms with Crippen LogP contribution >= 0.6 is 0 Å². The normalized spacial score (nSPS) is 12.5. The molecule has 0 aliphatic carbocycles. The molecule has 0 saturated carbocycles. The minimum Gasteiger partial charge on any atom is -0.478 e. The van der Waals surface area contributed by atoms with Crippen LogP contribution in [0.25, 0.3) is 0 Å². The van der Waals surface area contributed by atoms with Gasteiger partial charge in [-0.3, -0.25) is 0 Å². The van der Waals surface area contributed by atoms with Gasteiger partial charge in [0.1, 0.15) is 5.82 Å². The fourth-order valence-corrected chi connectivity index (χ4v) is 1.16. The van der Waals surface area contributed by atoms with E-state index in [1.807, 2.05) is 0 Å². The molecular formula is C10H12FNO2. The van der Waals surface area contributed by atoms with Gasteiger partial charge in [-0.1, -0.05) is 0 Å². The first kappa shape index (κ1) is 10.7. The fourth-order valence-electron chi connectivity index (χ4n) is 1.16. The van der Waals surface area contributed by atoms with Crippen LogP contribution < -0.4 is 5.32 Å². The van der Waals surface area contributed by atoms with Crippen molar-refractivity contribution in [3.63, 3.8) is 0 Å². The van der Waals surface area contributed by atoms with Crippen LogP contribution in [0, 0.1) is 5.82 Å². The Hall–Kier alpha value is -1.42. The number of aromatic carboxylic acids is 1. The van der Waals surface area contributed by atoms with E-state index in [-0.39, 0.29) is 11.6 Å². The Morgan fingerprint density at radius 2 is 2.21 bits per heavy atom. The van der Waals surface area contributed by atoms with E-state index in [4.69, 9.17) is 5.11 Å². The lowest BCUT2D eigenvalue weighted by Crippen LogP contribution is -2.14. The summed E-state index contributed by atoms with van der Waals surface area (Å²) < 4.78 is 13.2. The molecule has 0 aromatic heterocycles. The van der Waals surface area contributed by atoms with E-state index in [1.165, 1.54) is 18.2 Å². The number of benzene rings is 1. The lowest BCUT2D eigenvalue weighted by Gasteiger charge is -2.11. The molecule has 1 aromatic rings. The zero-order valence-corrected chi connectivity index (χ0v) is 8.04. The smallest absolute Gasteiger partial charge is 0.335 e. The first-order valence-electron chi connectivity index (χ1n) is 4.26. The SMILES string of the molecule is CNC(C)c1cc(C(=O)O)ccc1F. The summed E-state index contributed by atoms with van der Waals surface area (Å²) in [5.41, 5.74) is 0.468. The van der Waals surface area contributed by atoms with E-state index < -0.39 is 11.8 Å². The van der Waals surface area contributed by atoms with Crippen LogP contribution in [0.5, 0.6) is 0 Å². The number of carbonyl (C=O) groups is 1. The monoisotopic (exact) mass is 197 g/mol. The molecule has 0 aliphatic rings. The van der Waals surface area contributed by atoms with Crippen LogP contribution in [0.3, 0.4) is 0 Å². The zero-order valence-electron chi connectivity index (χ0n) is 8.04. The van der Waals surface area contributed by atoms with Gasteiger partial charge in [-0.15, -0.1) is 0 Å². The van der Waals surface area contributed by atoms with Gasteiger partial charge in [0.05, 0.1) is 5.56 Å². The topological polar surface area (TPSA) is 49.3 Å². The van der Waals surface area contributed by atoms with Crippen LogP contribution in [0.2, 0.25) is 0 Å². The molecule has 0 saturated heterocycles. The molecule has 0 aliphatic heterocycles. The lowest BCUT2D eigenvalue weighted by atomic mass is 10.0. The third kappa shape index (κ3) is 2.09. The van der Waals surface area contributed by atoms with Gasteiger partial charge >= 0.3 is 5.97 Å². The molecule has 4 heteroatoms. The molecule has 0 fully saturated rings. The average molecular weight is 197 g/mol. The lowest BCUT2D eigenvalue weighted by molar-refractivity contribution is 0.0696. The van der Waals surface area contributed by atoms with Crippen molar-refractivity contribution in [2.45, 2.75) is 13.0 Å². The van der Waals surface area contributed by atoms with Crippen LogP contribution in [0.4, 0.5) is 4.39 Å².